The summed E-state index contributed by atoms with van der Waals surface area (Å²) in [4.78, 5) is 28.8. The molecule has 10 heteroatoms. The van der Waals surface area contributed by atoms with Crippen molar-refractivity contribution in [3.8, 4) is 23.3 Å². The predicted octanol–water partition coefficient (Wildman–Crippen LogP) is 3.65. The highest BCUT2D eigenvalue weighted by molar-refractivity contribution is 5.99. The minimum atomic E-state index is -3.23. The zero-order valence-corrected chi connectivity index (χ0v) is 20.1. The summed E-state index contributed by atoms with van der Waals surface area (Å²) in [5.74, 6) is -3.99. The zero-order chi connectivity index (χ0) is 25.9. The maximum Gasteiger partial charge on any atom is 0.267 e. The summed E-state index contributed by atoms with van der Waals surface area (Å²) in [5, 5.41) is 9.33. The lowest BCUT2D eigenvalue weighted by molar-refractivity contribution is -0.135. The number of nitriles is 1. The summed E-state index contributed by atoms with van der Waals surface area (Å²) in [6.45, 7) is -0.383. The van der Waals surface area contributed by atoms with E-state index in [0.29, 0.717) is 19.4 Å². The summed E-state index contributed by atoms with van der Waals surface area (Å²) >= 11 is 0. The quantitative estimate of drug-likeness (QED) is 0.578. The van der Waals surface area contributed by atoms with Crippen LogP contribution in [0.25, 0.3) is 0 Å². The second kappa shape index (κ2) is 10.4. The third-order valence-electron chi connectivity index (χ3n) is 6.43. The van der Waals surface area contributed by atoms with Gasteiger partial charge in [0.25, 0.3) is 11.8 Å². The zero-order valence-electron chi connectivity index (χ0n) is 20.1. The second-order valence-corrected chi connectivity index (χ2v) is 8.81. The molecule has 2 aliphatic heterocycles. The minimum Gasteiger partial charge on any atom is -0.493 e. The van der Waals surface area contributed by atoms with Gasteiger partial charge in [-0.1, -0.05) is 30.3 Å². The number of nitrogens with zero attached hydrogens (tertiary/aromatic N) is 3. The molecule has 4 rings (SSSR count). The third kappa shape index (κ3) is 5.05. The number of carbonyl (C=O) groups is 2. The van der Waals surface area contributed by atoms with Crippen LogP contribution in [0.4, 0.5) is 8.78 Å². The number of ether oxygens (including phenoxy) is 3. The molecule has 1 unspecified atom stereocenters. The fourth-order valence-electron chi connectivity index (χ4n) is 4.65. The van der Waals surface area contributed by atoms with Crippen LogP contribution in [0.2, 0.25) is 0 Å². The molecule has 2 aromatic carbocycles. The van der Waals surface area contributed by atoms with Gasteiger partial charge in [-0.05, 0) is 30.5 Å². The maximum atomic E-state index is 14.5. The van der Waals surface area contributed by atoms with E-state index in [9.17, 15) is 23.6 Å². The van der Waals surface area contributed by atoms with Crippen molar-refractivity contribution in [2.24, 2.45) is 0 Å². The van der Waals surface area contributed by atoms with Crippen molar-refractivity contribution in [2.45, 2.75) is 43.9 Å². The molecule has 36 heavy (non-hydrogen) atoms. The third-order valence-corrected chi connectivity index (χ3v) is 6.43. The normalized spacial score (nSPS) is 20.6. The number of methoxy groups -OCH3 is 2. The number of amides is 2. The van der Waals surface area contributed by atoms with Gasteiger partial charge in [0.2, 0.25) is 11.7 Å². The predicted molar refractivity (Wildman–Crippen MR) is 125 cm³/mol. The largest absolute Gasteiger partial charge is 0.493 e. The lowest BCUT2D eigenvalue weighted by Gasteiger charge is -2.29. The van der Waals surface area contributed by atoms with Gasteiger partial charge < -0.3 is 24.0 Å². The number of likely N-dealkylation sites (tertiary alicyclic amines) is 2. The molecule has 0 N–H and O–H groups in total. The van der Waals surface area contributed by atoms with Crippen LogP contribution in [-0.2, 0) is 11.4 Å². The number of hydrogen-bond donors (Lipinski definition) is 0. The Kier molecular flexibility index (Phi) is 7.29. The van der Waals surface area contributed by atoms with Crippen LogP contribution in [0.15, 0.2) is 42.5 Å². The molecular formula is C26H27F2N3O5. The van der Waals surface area contributed by atoms with Crippen LogP contribution in [0.5, 0.6) is 17.2 Å². The highest BCUT2D eigenvalue weighted by Crippen LogP contribution is 2.41. The Morgan fingerprint density at radius 3 is 2.39 bits per heavy atom. The van der Waals surface area contributed by atoms with Gasteiger partial charge >= 0.3 is 0 Å². The van der Waals surface area contributed by atoms with Crippen LogP contribution in [0.1, 0.15) is 35.2 Å². The van der Waals surface area contributed by atoms with E-state index in [-0.39, 0.29) is 29.4 Å². The summed E-state index contributed by atoms with van der Waals surface area (Å²) in [6.07, 6.45) is 0.302. The lowest BCUT2D eigenvalue weighted by atomic mass is 10.1. The first-order valence-electron chi connectivity index (χ1n) is 11.6. The Bertz CT molecular complexity index is 1140. The monoisotopic (exact) mass is 499 g/mol. The molecule has 2 atom stereocenters. The lowest BCUT2D eigenvalue weighted by Crippen LogP contribution is -2.49. The molecule has 0 aliphatic carbocycles. The molecule has 2 saturated heterocycles. The van der Waals surface area contributed by atoms with Crippen molar-refractivity contribution in [1.82, 2.24) is 9.80 Å². The van der Waals surface area contributed by atoms with Gasteiger partial charge in [-0.2, -0.15) is 5.26 Å². The van der Waals surface area contributed by atoms with Crippen LogP contribution < -0.4 is 14.2 Å². The first-order chi connectivity index (χ1) is 17.3. The smallest absolute Gasteiger partial charge is 0.267 e. The van der Waals surface area contributed by atoms with E-state index in [0.717, 1.165) is 10.5 Å². The molecule has 0 saturated carbocycles. The molecule has 8 nitrogen and oxygen atoms in total. The standard InChI is InChI=1S/C26H27F2N3O5/c1-34-21-11-18(12-22(35-2)23(21)36-15-17-7-4-3-5-8-17)24(32)31-16-26(27,28)13-20(31)25(33)30-10-6-9-19(30)14-29/h3-5,7-8,11-12,19-20H,6,9-10,13,15-16H2,1-2H3/t19?,20-/m0/s1. The summed E-state index contributed by atoms with van der Waals surface area (Å²) < 4.78 is 45.7. The van der Waals surface area contributed by atoms with Crippen molar-refractivity contribution >= 4 is 11.8 Å². The number of benzene rings is 2. The van der Waals surface area contributed by atoms with E-state index in [1.165, 1.54) is 31.3 Å². The summed E-state index contributed by atoms with van der Waals surface area (Å²) in [7, 11) is 2.79. The van der Waals surface area contributed by atoms with Crippen molar-refractivity contribution < 1.29 is 32.6 Å². The van der Waals surface area contributed by atoms with Crippen LogP contribution in [0.3, 0.4) is 0 Å². The number of halogens is 2. The van der Waals surface area contributed by atoms with Crippen LogP contribution in [0, 0.1) is 11.3 Å². The van der Waals surface area contributed by atoms with Crippen molar-refractivity contribution in [3.63, 3.8) is 0 Å². The van der Waals surface area contributed by atoms with Gasteiger partial charge in [-0.15, -0.1) is 0 Å². The van der Waals surface area contributed by atoms with Gasteiger partial charge in [0, 0.05) is 18.5 Å². The van der Waals surface area contributed by atoms with Crippen LogP contribution in [-0.4, -0.2) is 66.9 Å². The van der Waals surface area contributed by atoms with Crippen molar-refractivity contribution in [2.75, 3.05) is 27.3 Å². The van der Waals surface area contributed by atoms with Crippen molar-refractivity contribution in [3.05, 3.63) is 53.6 Å². The Labute approximate surface area is 207 Å². The number of alkyl halides is 2. The first-order valence-corrected chi connectivity index (χ1v) is 11.6. The minimum absolute atomic E-state index is 0.0181. The first kappa shape index (κ1) is 25.2. The highest BCUT2D eigenvalue weighted by Gasteiger charge is 2.52. The Morgan fingerprint density at radius 1 is 1.11 bits per heavy atom. The molecule has 2 aromatic rings. The second-order valence-electron chi connectivity index (χ2n) is 8.81. The fourth-order valence-corrected chi connectivity index (χ4v) is 4.65. The maximum absolute atomic E-state index is 14.5. The van der Waals surface area contributed by atoms with Crippen LogP contribution >= 0.6 is 0 Å². The molecule has 0 bridgehead atoms. The van der Waals surface area contributed by atoms with E-state index >= 15 is 0 Å². The molecule has 190 valence electrons. The molecule has 2 heterocycles. The molecule has 2 aliphatic rings. The Balaban J connectivity index is 1.61. The van der Waals surface area contributed by atoms with Crippen molar-refractivity contribution in [1.29, 1.82) is 5.26 Å². The van der Waals surface area contributed by atoms with E-state index in [4.69, 9.17) is 14.2 Å². The van der Waals surface area contributed by atoms with E-state index < -0.39 is 42.8 Å². The van der Waals surface area contributed by atoms with Gasteiger partial charge in [-0.3, -0.25) is 9.59 Å². The van der Waals surface area contributed by atoms with Gasteiger partial charge in [0.15, 0.2) is 11.5 Å². The van der Waals surface area contributed by atoms with Gasteiger partial charge in [0.1, 0.15) is 18.7 Å². The van der Waals surface area contributed by atoms with E-state index in [2.05, 4.69) is 0 Å². The van der Waals surface area contributed by atoms with Gasteiger partial charge in [0.05, 0.1) is 26.8 Å². The number of rotatable bonds is 7. The van der Waals surface area contributed by atoms with Gasteiger partial charge in [-0.25, -0.2) is 8.78 Å². The number of hydrogen-bond acceptors (Lipinski definition) is 6. The SMILES string of the molecule is COc1cc(C(=O)N2CC(F)(F)C[C@H]2C(=O)N2CCCC2C#N)cc(OC)c1OCc1ccccc1. The Hall–Kier alpha value is -3.87. The molecular weight excluding hydrogens is 472 g/mol. The summed E-state index contributed by atoms with van der Waals surface area (Å²) in [6, 6.07) is 12.2. The fraction of sp³-hybridized carbons (Fsp3) is 0.423. The molecule has 0 spiro atoms. The molecule has 2 fully saturated rings. The molecule has 0 radical (unpaired) electrons. The average Bonchev–Trinajstić information content (AvgIpc) is 3.50. The Morgan fingerprint density at radius 2 is 1.78 bits per heavy atom. The summed E-state index contributed by atoms with van der Waals surface area (Å²) in [5.41, 5.74) is 0.921. The molecule has 0 aromatic heterocycles. The van der Waals surface area contributed by atoms with E-state index in [1.807, 2.05) is 36.4 Å². The van der Waals surface area contributed by atoms with E-state index in [1.54, 1.807) is 0 Å². The average molecular weight is 500 g/mol. The highest BCUT2D eigenvalue weighted by atomic mass is 19.3. The number of carbonyl (C=O) groups excluding carboxylic acids is 2. The molecule has 2 amide bonds. The topological polar surface area (TPSA) is 92.1 Å².